The number of benzene rings is 2. The van der Waals surface area contributed by atoms with Crippen LogP contribution in [0, 0.1) is 0 Å². The second kappa shape index (κ2) is 5.95. The summed E-state index contributed by atoms with van der Waals surface area (Å²) in [5, 5.41) is 22.0. The van der Waals surface area contributed by atoms with Crippen molar-refractivity contribution in [2.24, 2.45) is 4.99 Å². The molecule has 1 aliphatic rings. The highest BCUT2D eigenvalue weighted by Gasteiger charge is 2.23. The van der Waals surface area contributed by atoms with Crippen LogP contribution >= 0.6 is 11.8 Å². The van der Waals surface area contributed by atoms with E-state index in [0.717, 1.165) is 5.56 Å². The molecule has 2 aromatic rings. The second-order valence-corrected chi connectivity index (χ2v) is 5.63. The SMILES string of the molecule is O=C1NC(=Nc2cccc(O)c2)S/C1=C/c1cccc(O)c1. The number of nitrogens with one attached hydrogen (secondary N) is 1. The van der Waals surface area contributed by atoms with Crippen LogP contribution in [0.1, 0.15) is 5.56 Å². The summed E-state index contributed by atoms with van der Waals surface area (Å²) in [6, 6.07) is 13.1. The summed E-state index contributed by atoms with van der Waals surface area (Å²) in [4.78, 5) is 16.7. The summed E-state index contributed by atoms with van der Waals surface area (Å²) in [5.74, 6) is 0.0188. The molecule has 0 unspecified atom stereocenters. The van der Waals surface area contributed by atoms with Crippen LogP contribution in [-0.4, -0.2) is 21.3 Å². The Balaban J connectivity index is 1.84. The van der Waals surface area contributed by atoms with E-state index in [9.17, 15) is 15.0 Å². The number of rotatable bonds is 2. The molecule has 3 N–H and O–H groups in total. The molecule has 110 valence electrons. The van der Waals surface area contributed by atoms with E-state index in [-0.39, 0.29) is 17.4 Å². The van der Waals surface area contributed by atoms with Gasteiger partial charge < -0.3 is 15.5 Å². The highest BCUT2D eigenvalue weighted by molar-refractivity contribution is 8.18. The quantitative estimate of drug-likeness (QED) is 0.745. The summed E-state index contributed by atoms with van der Waals surface area (Å²) in [5.41, 5.74) is 1.29. The van der Waals surface area contributed by atoms with Crippen molar-refractivity contribution in [1.82, 2.24) is 5.32 Å². The van der Waals surface area contributed by atoms with Crippen LogP contribution in [0.4, 0.5) is 5.69 Å². The van der Waals surface area contributed by atoms with Crippen LogP contribution in [0.3, 0.4) is 0 Å². The van der Waals surface area contributed by atoms with Gasteiger partial charge in [0.05, 0.1) is 10.6 Å². The minimum Gasteiger partial charge on any atom is -0.508 e. The number of thioether (sulfide) groups is 1. The molecular formula is C16H12N2O3S. The topological polar surface area (TPSA) is 81.9 Å². The predicted octanol–water partition coefficient (Wildman–Crippen LogP) is 2.99. The monoisotopic (exact) mass is 312 g/mol. The van der Waals surface area contributed by atoms with Crippen molar-refractivity contribution < 1.29 is 15.0 Å². The highest BCUT2D eigenvalue weighted by atomic mass is 32.2. The Labute approximate surface area is 131 Å². The normalized spacial score (nSPS) is 17.9. The van der Waals surface area contributed by atoms with Crippen LogP contribution in [0.2, 0.25) is 0 Å². The van der Waals surface area contributed by atoms with E-state index < -0.39 is 0 Å². The molecule has 22 heavy (non-hydrogen) atoms. The molecule has 0 radical (unpaired) electrons. The molecule has 1 saturated heterocycles. The van der Waals surface area contributed by atoms with Crippen molar-refractivity contribution in [3.05, 3.63) is 59.0 Å². The lowest BCUT2D eigenvalue weighted by Crippen LogP contribution is -2.19. The van der Waals surface area contributed by atoms with Crippen molar-refractivity contribution in [2.45, 2.75) is 0 Å². The van der Waals surface area contributed by atoms with Crippen molar-refractivity contribution in [3.8, 4) is 11.5 Å². The fraction of sp³-hybridized carbons (Fsp3) is 0. The molecule has 6 heteroatoms. The van der Waals surface area contributed by atoms with Crippen molar-refractivity contribution in [1.29, 1.82) is 0 Å². The standard InChI is InChI=1S/C16H12N2O3S/c19-12-5-1-3-10(7-12)8-14-15(21)18-16(22-14)17-11-4-2-6-13(20)9-11/h1-9,19-20H,(H,17,18,21)/b14-8+. The molecule has 1 fully saturated rings. The van der Waals surface area contributed by atoms with Gasteiger partial charge in [0.15, 0.2) is 5.17 Å². The summed E-state index contributed by atoms with van der Waals surface area (Å²) in [7, 11) is 0. The highest BCUT2D eigenvalue weighted by Crippen LogP contribution is 2.29. The maximum absolute atomic E-state index is 11.9. The van der Waals surface area contributed by atoms with Gasteiger partial charge >= 0.3 is 0 Å². The largest absolute Gasteiger partial charge is 0.508 e. The number of aromatic hydroxyl groups is 2. The molecule has 0 atom stereocenters. The number of carbonyl (C=O) groups is 1. The zero-order valence-corrected chi connectivity index (χ0v) is 12.2. The summed E-state index contributed by atoms with van der Waals surface area (Å²) < 4.78 is 0. The van der Waals surface area contributed by atoms with E-state index in [2.05, 4.69) is 10.3 Å². The number of nitrogens with zero attached hydrogens (tertiary/aromatic N) is 1. The first-order chi connectivity index (χ1) is 10.6. The van der Waals surface area contributed by atoms with Gasteiger partial charge in [0, 0.05) is 6.07 Å². The maximum atomic E-state index is 11.9. The van der Waals surface area contributed by atoms with Gasteiger partial charge in [-0.25, -0.2) is 4.99 Å². The van der Waals surface area contributed by atoms with Crippen LogP contribution in [0.15, 0.2) is 58.4 Å². The zero-order valence-electron chi connectivity index (χ0n) is 11.4. The van der Waals surface area contributed by atoms with Crippen molar-refractivity contribution in [3.63, 3.8) is 0 Å². The first kappa shape index (κ1) is 14.2. The Bertz CT molecular complexity index is 799. The van der Waals surface area contributed by atoms with Gasteiger partial charge in [-0.2, -0.15) is 0 Å². The Morgan fingerprint density at radius 3 is 2.50 bits per heavy atom. The Morgan fingerprint density at radius 2 is 1.77 bits per heavy atom. The first-order valence-corrected chi connectivity index (χ1v) is 7.29. The molecule has 0 aromatic heterocycles. The average molecular weight is 312 g/mol. The van der Waals surface area contributed by atoms with Crippen LogP contribution in [0.5, 0.6) is 11.5 Å². The summed E-state index contributed by atoms with van der Waals surface area (Å²) in [6.45, 7) is 0. The van der Waals surface area contributed by atoms with E-state index >= 15 is 0 Å². The van der Waals surface area contributed by atoms with Gasteiger partial charge in [-0.1, -0.05) is 18.2 Å². The van der Waals surface area contributed by atoms with Crippen molar-refractivity contribution >= 4 is 34.6 Å². The molecule has 1 aliphatic heterocycles. The van der Waals surface area contributed by atoms with Gasteiger partial charge in [-0.05, 0) is 47.7 Å². The Morgan fingerprint density at radius 1 is 1.05 bits per heavy atom. The molecule has 3 rings (SSSR count). The predicted molar refractivity (Wildman–Crippen MR) is 87.0 cm³/mol. The number of amides is 1. The molecule has 2 aromatic carbocycles. The summed E-state index contributed by atoms with van der Waals surface area (Å²) in [6.07, 6.45) is 1.69. The number of aliphatic imine (C=N–C) groups is 1. The Hall–Kier alpha value is -2.73. The van der Waals surface area contributed by atoms with E-state index in [1.54, 1.807) is 48.5 Å². The number of amidine groups is 1. The number of hydrogen-bond acceptors (Lipinski definition) is 5. The molecular weight excluding hydrogens is 300 g/mol. The van der Waals surface area contributed by atoms with E-state index in [0.29, 0.717) is 15.8 Å². The van der Waals surface area contributed by atoms with Crippen LogP contribution in [-0.2, 0) is 4.79 Å². The third-order valence-corrected chi connectivity index (χ3v) is 3.79. The average Bonchev–Trinajstić information content (AvgIpc) is 2.79. The fourth-order valence-electron chi connectivity index (χ4n) is 1.93. The van der Waals surface area contributed by atoms with Gasteiger partial charge in [0.1, 0.15) is 11.5 Å². The second-order valence-electron chi connectivity index (χ2n) is 4.60. The molecule has 0 bridgehead atoms. The number of hydrogen-bond donors (Lipinski definition) is 3. The van der Waals surface area contributed by atoms with E-state index in [4.69, 9.17) is 0 Å². The fourth-order valence-corrected chi connectivity index (χ4v) is 2.77. The molecule has 0 spiro atoms. The zero-order chi connectivity index (χ0) is 15.5. The van der Waals surface area contributed by atoms with Crippen molar-refractivity contribution in [2.75, 3.05) is 0 Å². The molecule has 5 nitrogen and oxygen atoms in total. The minimum absolute atomic E-state index is 0.117. The van der Waals surface area contributed by atoms with E-state index in [1.807, 2.05) is 0 Å². The van der Waals surface area contributed by atoms with Gasteiger partial charge in [0.2, 0.25) is 0 Å². The number of phenolic OH excluding ortho intramolecular Hbond substituents is 2. The third kappa shape index (κ3) is 3.29. The molecule has 1 heterocycles. The minimum atomic E-state index is -0.243. The number of carbonyl (C=O) groups excluding carboxylic acids is 1. The van der Waals surface area contributed by atoms with E-state index in [1.165, 1.54) is 17.8 Å². The molecule has 0 aliphatic carbocycles. The lowest BCUT2D eigenvalue weighted by atomic mass is 10.2. The van der Waals surface area contributed by atoms with Crippen LogP contribution in [0.25, 0.3) is 6.08 Å². The Kier molecular flexibility index (Phi) is 3.84. The van der Waals surface area contributed by atoms with Crippen LogP contribution < -0.4 is 5.32 Å². The number of phenols is 2. The maximum Gasteiger partial charge on any atom is 0.264 e. The lowest BCUT2D eigenvalue weighted by Gasteiger charge is -1.97. The third-order valence-electron chi connectivity index (χ3n) is 2.88. The molecule has 0 saturated carbocycles. The first-order valence-electron chi connectivity index (χ1n) is 6.48. The van der Waals surface area contributed by atoms with Gasteiger partial charge in [0.25, 0.3) is 5.91 Å². The summed E-state index contributed by atoms with van der Waals surface area (Å²) >= 11 is 1.21. The van der Waals surface area contributed by atoms with Gasteiger partial charge in [-0.3, -0.25) is 4.79 Å². The van der Waals surface area contributed by atoms with Gasteiger partial charge in [-0.15, -0.1) is 0 Å². The smallest absolute Gasteiger partial charge is 0.264 e. The molecule has 1 amide bonds. The lowest BCUT2D eigenvalue weighted by molar-refractivity contribution is -0.115.